The van der Waals surface area contributed by atoms with E-state index in [-0.39, 0.29) is 5.97 Å². The molecule has 0 aromatic carbocycles. The Kier molecular flexibility index (Phi) is 5.20. The minimum atomic E-state index is -0.403. The van der Waals surface area contributed by atoms with Crippen LogP contribution in [0.25, 0.3) is 0 Å². The Hall–Kier alpha value is -1.03. The van der Waals surface area contributed by atoms with Gasteiger partial charge in [0.1, 0.15) is 5.60 Å². The van der Waals surface area contributed by atoms with Crippen LogP contribution in [-0.4, -0.2) is 22.3 Å². The maximum absolute atomic E-state index is 11.5. The molecule has 1 aromatic rings. The van der Waals surface area contributed by atoms with Gasteiger partial charge in [-0.25, -0.2) is 4.98 Å². The molecule has 0 N–H and O–H groups in total. The van der Waals surface area contributed by atoms with E-state index in [0.29, 0.717) is 12.2 Å². The molecule has 0 aliphatic heterocycles. The third-order valence-corrected chi connectivity index (χ3v) is 2.96. The quantitative estimate of drug-likeness (QED) is 0.618. The third-order valence-electron chi connectivity index (χ3n) is 2.05. The number of nitrogens with zero attached hydrogens (tertiary/aromatic N) is 1. The molecule has 1 rings (SSSR count). The standard InChI is InChI=1S/C14H21NO2S/c1-10-8-11(2)15-12(9-10)18-7-6-13(16)17-14(3,4)5/h8-9H,6-7H2,1-5H3. The van der Waals surface area contributed by atoms with E-state index in [4.69, 9.17) is 4.74 Å². The van der Waals surface area contributed by atoms with Crippen LogP contribution >= 0.6 is 11.8 Å². The van der Waals surface area contributed by atoms with E-state index >= 15 is 0 Å². The fourth-order valence-electron chi connectivity index (χ4n) is 1.51. The smallest absolute Gasteiger partial charge is 0.307 e. The van der Waals surface area contributed by atoms with Gasteiger partial charge in [-0.2, -0.15) is 0 Å². The first-order valence-electron chi connectivity index (χ1n) is 6.06. The van der Waals surface area contributed by atoms with Gasteiger partial charge < -0.3 is 4.74 Å². The van der Waals surface area contributed by atoms with E-state index in [2.05, 4.69) is 4.98 Å². The Bertz CT molecular complexity index is 404. The molecule has 18 heavy (non-hydrogen) atoms. The minimum Gasteiger partial charge on any atom is -0.460 e. The van der Waals surface area contributed by atoms with E-state index in [1.165, 1.54) is 5.56 Å². The van der Waals surface area contributed by atoms with Gasteiger partial charge in [-0.3, -0.25) is 4.79 Å². The average Bonchev–Trinajstić information content (AvgIpc) is 2.12. The van der Waals surface area contributed by atoms with Crippen LogP contribution in [0.15, 0.2) is 17.2 Å². The summed E-state index contributed by atoms with van der Waals surface area (Å²) in [5.41, 5.74) is 1.80. The number of ether oxygens (including phenoxy) is 1. The topological polar surface area (TPSA) is 39.2 Å². The summed E-state index contributed by atoms with van der Waals surface area (Å²) in [6.07, 6.45) is 0.413. The van der Waals surface area contributed by atoms with E-state index in [1.807, 2.05) is 46.8 Å². The lowest BCUT2D eigenvalue weighted by Crippen LogP contribution is -2.24. The second-order valence-electron chi connectivity index (χ2n) is 5.31. The van der Waals surface area contributed by atoms with Crippen LogP contribution in [0.4, 0.5) is 0 Å². The fraction of sp³-hybridized carbons (Fsp3) is 0.571. The maximum atomic E-state index is 11.5. The normalized spacial score (nSPS) is 11.4. The van der Waals surface area contributed by atoms with Gasteiger partial charge in [0.25, 0.3) is 0 Å². The van der Waals surface area contributed by atoms with Gasteiger partial charge in [-0.05, 0) is 52.3 Å². The summed E-state index contributed by atoms with van der Waals surface area (Å²) in [7, 11) is 0. The Morgan fingerprint density at radius 3 is 2.56 bits per heavy atom. The summed E-state index contributed by atoms with van der Waals surface area (Å²) >= 11 is 1.59. The molecular weight excluding hydrogens is 246 g/mol. The van der Waals surface area contributed by atoms with Crippen molar-refractivity contribution in [2.24, 2.45) is 0 Å². The number of aryl methyl sites for hydroxylation is 2. The van der Waals surface area contributed by atoms with Crippen LogP contribution in [0.3, 0.4) is 0 Å². The largest absolute Gasteiger partial charge is 0.460 e. The molecule has 0 aliphatic rings. The highest BCUT2D eigenvalue weighted by Crippen LogP contribution is 2.19. The molecule has 0 radical (unpaired) electrons. The summed E-state index contributed by atoms with van der Waals surface area (Å²) in [5, 5.41) is 0.969. The van der Waals surface area contributed by atoms with Crippen LogP contribution in [0, 0.1) is 13.8 Å². The second-order valence-corrected chi connectivity index (χ2v) is 6.42. The van der Waals surface area contributed by atoms with Gasteiger partial charge in [-0.1, -0.05) is 0 Å². The first-order valence-corrected chi connectivity index (χ1v) is 7.05. The first kappa shape index (κ1) is 15.0. The monoisotopic (exact) mass is 267 g/mol. The predicted octanol–water partition coefficient (Wildman–Crippen LogP) is 3.52. The van der Waals surface area contributed by atoms with E-state index < -0.39 is 5.60 Å². The molecule has 0 spiro atoms. The molecule has 4 heteroatoms. The van der Waals surface area contributed by atoms with Crippen molar-refractivity contribution in [1.82, 2.24) is 4.98 Å². The maximum Gasteiger partial charge on any atom is 0.307 e. The molecular formula is C14H21NO2S. The average molecular weight is 267 g/mol. The SMILES string of the molecule is Cc1cc(C)nc(SCCC(=O)OC(C)(C)C)c1. The van der Waals surface area contributed by atoms with E-state index in [9.17, 15) is 4.79 Å². The van der Waals surface area contributed by atoms with Crippen LogP contribution in [0.1, 0.15) is 38.4 Å². The third kappa shape index (κ3) is 6.05. The molecule has 3 nitrogen and oxygen atoms in total. The molecule has 1 heterocycles. The number of carbonyl (C=O) groups excluding carboxylic acids is 1. The highest BCUT2D eigenvalue weighted by molar-refractivity contribution is 7.99. The highest BCUT2D eigenvalue weighted by Gasteiger charge is 2.15. The predicted molar refractivity (Wildman–Crippen MR) is 74.9 cm³/mol. The fourth-order valence-corrected chi connectivity index (χ4v) is 2.47. The van der Waals surface area contributed by atoms with Gasteiger partial charge in [0, 0.05) is 11.4 Å². The number of pyridine rings is 1. The van der Waals surface area contributed by atoms with Crippen LogP contribution in [0.2, 0.25) is 0 Å². The van der Waals surface area contributed by atoms with Crippen molar-refractivity contribution in [2.45, 2.75) is 51.7 Å². The molecule has 0 saturated heterocycles. The lowest BCUT2D eigenvalue weighted by Gasteiger charge is -2.19. The number of thioether (sulfide) groups is 1. The second kappa shape index (κ2) is 6.23. The van der Waals surface area contributed by atoms with Crippen molar-refractivity contribution in [3.63, 3.8) is 0 Å². The van der Waals surface area contributed by atoms with Crippen molar-refractivity contribution in [1.29, 1.82) is 0 Å². The van der Waals surface area contributed by atoms with Gasteiger partial charge in [0.05, 0.1) is 11.4 Å². The summed E-state index contributed by atoms with van der Waals surface area (Å²) in [4.78, 5) is 15.9. The molecule has 0 saturated carbocycles. The summed E-state index contributed by atoms with van der Waals surface area (Å²) in [6.45, 7) is 9.66. The molecule has 100 valence electrons. The van der Waals surface area contributed by atoms with Crippen LogP contribution in [0.5, 0.6) is 0 Å². The lowest BCUT2D eigenvalue weighted by atomic mass is 10.2. The zero-order valence-corrected chi connectivity index (χ0v) is 12.6. The van der Waals surface area contributed by atoms with Gasteiger partial charge in [0.2, 0.25) is 0 Å². The van der Waals surface area contributed by atoms with Crippen molar-refractivity contribution >= 4 is 17.7 Å². The van der Waals surface area contributed by atoms with Gasteiger partial charge >= 0.3 is 5.97 Å². The van der Waals surface area contributed by atoms with Crippen molar-refractivity contribution in [2.75, 3.05) is 5.75 Å². The number of hydrogen-bond acceptors (Lipinski definition) is 4. The first-order chi connectivity index (χ1) is 8.26. The Labute approximate surface area is 113 Å². The summed E-state index contributed by atoms with van der Waals surface area (Å²) < 4.78 is 5.25. The van der Waals surface area contributed by atoms with E-state index in [0.717, 1.165) is 10.7 Å². The molecule has 0 fully saturated rings. The van der Waals surface area contributed by atoms with Crippen molar-refractivity contribution < 1.29 is 9.53 Å². The van der Waals surface area contributed by atoms with Crippen molar-refractivity contribution in [3.8, 4) is 0 Å². The molecule has 0 atom stereocenters. The number of esters is 1. The Balaban J connectivity index is 2.40. The number of hydrogen-bond donors (Lipinski definition) is 0. The summed E-state index contributed by atoms with van der Waals surface area (Å²) in [5.74, 6) is 0.546. The molecule has 0 unspecified atom stereocenters. The highest BCUT2D eigenvalue weighted by atomic mass is 32.2. The molecule has 1 aromatic heterocycles. The Morgan fingerprint density at radius 2 is 2.00 bits per heavy atom. The van der Waals surface area contributed by atoms with Gasteiger partial charge in [0.15, 0.2) is 0 Å². The lowest BCUT2D eigenvalue weighted by molar-refractivity contribution is -0.154. The minimum absolute atomic E-state index is 0.153. The summed E-state index contributed by atoms with van der Waals surface area (Å²) in [6, 6.07) is 4.07. The zero-order valence-electron chi connectivity index (χ0n) is 11.7. The van der Waals surface area contributed by atoms with E-state index in [1.54, 1.807) is 11.8 Å². The van der Waals surface area contributed by atoms with Crippen molar-refractivity contribution in [3.05, 3.63) is 23.4 Å². The molecule has 0 bridgehead atoms. The van der Waals surface area contributed by atoms with Gasteiger partial charge in [-0.15, -0.1) is 11.8 Å². The van der Waals surface area contributed by atoms with Crippen LogP contribution < -0.4 is 0 Å². The zero-order chi connectivity index (χ0) is 13.8. The Morgan fingerprint density at radius 1 is 1.33 bits per heavy atom. The number of carbonyl (C=O) groups is 1. The molecule has 0 aliphatic carbocycles. The van der Waals surface area contributed by atoms with Crippen LogP contribution in [-0.2, 0) is 9.53 Å². The number of rotatable bonds is 4. The molecule has 0 amide bonds. The number of aromatic nitrogens is 1.